The van der Waals surface area contributed by atoms with Gasteiger partial charge in [0.15, 0.2) is 17.6 Å². The second kappa shape index (κ2) is 10.3. The lowest BCUT2D eigenvalue weighted by Gasteiger charge is -2.19. The van der Waals surface area contributed by atoms with Crippen LogP contribution in [0.25, 0.3) is 0 Å². The lowest BCUT2D eigenvalue weighted by atomic mass is 10.1. The molecular weight excluding hydrogens is 358 g/mol. The van der Waals surface area contributed by atoms with E-state index in [1.165, 1.54) is 19.8 Å². The summed E-state index contributed by atoms with van der Waals surface area (Å²) in [6, 6.07) is 14.9. The Morgan fingerprint density at radius 2 is 1.68 bits per heavy atom. The number of esters is 1. The second-order valence-corrected chi connectivity index (χ2v) is 6.52. The fourth-order valence-electron chi connectivity index (χ4n) is 2.79. The zero-order chi connectivity index (χ0) is 20.5. The van der Waals surface area contributed by atoms with Crippen LogP contribution in [0.2, 0.25) is 0 Å². The molecule has 0 saturated heterocycles. The minimum atomic E-state index is -0.928. The molecule has 6 heteroatoms. The fourth-order valence-corrected chi connectivity index (χ4v) is 2.79. The maximum atomic E-state index is 12.5. The van der Waals surface area contributed by atoms with Gasteiger partial charge >= 0.3 is 5.97 Å². The van der Waals surface area contributed by atoms with Crippen molar-refractivity contribution >= 4 is 11.9 Å². The van der Waals surface area contributed by atoms with E-state index in [0.717, 1.165) is 12.8 Å². The summed E-state index contributed by atoms with van der Waals surface area (Å²) in [6.45, 7) is 3.48. The van der Waals surface area contributed by atoms with Crippen molar-refractivity contribution in [1.82, 2.24) is 5.32 Å². The van der Waals surface area contributed by atoms with Crippen LogP contribution in [0, 0.1) is 0 Å². The number of aryl methyl sites for hydroxylation is 1. The Balaban J connectivity index is 1.90. The molecule has 1 N–H and O–H groups in total. The summed E-state index contributed by atoms with van der Waals surface area (Å²) < 4.78 is 15.7. The van der Waals surface area contributed by atoms with E-state index in [1.807, 2.05) is 25.1 Å². The Kier molecular flexibility index (Phi) is 7.87. The van der Waals surface area contributed by atoms with Gasteiger partial charge in [-0.3, -0.25) is 4.79 Å². The van der Waals surface area contributed by atoms with Crippen LogP contribution in [0.15, 0.2) is 48.5 Å². The van der Waals surface area contributed by atoms with Gasteiger partial charge in [0.2, 0.25) is 0 Å². The number of para-hydroxylation sites is 1. The van der Waals surface area contributed by atoms with Crippen LogP contribution < -0.4 is 14.8 Å². The maximum absolute atomic E-state index is 12.5. The molecule has 6 nitrogen and oxygen atoms in total. The molecule has 2 atom stereocenters. The summed E-state index contributed by atoms with van der Waals surface area (Å²) in [6.07, 6.45) is 0.722. The van der Waals surface area contributed by atoms with E-state index in [1.54, 1.807) is 25.1 Å². The first kappa shape index (κ1) is 21.3. The third kappa shape index (κ3) is 5.74. The van der Waals surface area contributed by atoms with Gasteiger partial charge in [-0.25, -0.2) is 4.79 Å². The highest BCUT2D eigenvalue weighted by molar-refractivity contribution is 5.95. The number of amides is 1. The van der Waals surface area contributed by atoms with Gasteiger partial charge in [-0.1, -0.05) is 36.4 Å². The highest BCUT2D eigenvalue weighted by atomic mass is 16.6. The zero-order valence-corrected chi connectivity index (χ0v) is 16.7. The van der Waals surface area contributed by atoms with Gasteiger partial charge in [-0.15, -0.1) is 0 Å². The zero-order valence-electron chi connectivity index (χ0n) is 16.7. The monoisotopic (exact) mass is 385 g/mol. The minimum absolute atomic E-state index is 0.0415. The molecule has 28 heavy (non-hydrogen) atoms. The van der Waals surface area contributed by atoms with Crippen molar-refractivity contribution in [3.8, 4) is 11.5 Å². The molecule has 0 unspecified atom stereocenters. The van der Waals surface area contributed by atoms with Crippen LogP contribution in [-0.2, 0) is 16.0 Å². The lowest BCUT2D eigenvalue weighted by Crippen LogP contribution is -2.41. The average molecular weight is 385 g/mol. The fraction of sp³-hybridized carbons (Fsp3) is 0.364. The van der Waals surface area contributed by atoms with Gasteiger partial charge in [0, 0.05) is 6.04 Å². The molecule has 150 valence electrons. The Labute approximate surface area is 165 Å². The Morgan fingerprint density at radius 3 is 2.32 bits per heavy atom. The number of carbonyl (C=O) groups excluding carboxylic acids is 2. The van der Waals surface area contributed by atoms with Crippen molar-refractivity contribution in [1.29, 1.82) is 0 Å². The van der Waals surface area contributed by atoms with Crippen LogP contribution in [0.4, 0.5) is 0 Å². The number of carbonyl (C=O) groups is 2. The van der Waals surface area contributed by atoms with Crippen molar-refractivity contribution in [3.05, 3.63) is 59.7 Å². The third-order valence-electron chi connectivity index (χ3n) is 4.37. The Morgan fingerprint density at radius 1 is 0.964 bits per heavy atom. The number of ether oxygens (including phenoxy) is 3. The van der Waals surface area contributed by atoms with Crippen molar-refractivity contribution in [2.45, 2.75) is 38.8 Å². The van der Waals surface area contributed by atoms with Crippen LogP contribution in [0.5, 0.6) is 11.5 Å². The van der Waals surface area contributed by atoms with E-state index in [4.69, 9.17) is 14.2 Å². The average Bonchev–Trinajstić information content (AvgIpc) is 2.72. The van der Waals surface area contributed by atoms with Gasteiger partial charge in [0.05, 0.1) is 14.2 Å². The molecule has 2 rings (SSSR count). The molecule has 0 bridgehead atoms. The quantitative estimate of drug-likeness (QED) is 0.670. The first-order valence-corrected chi connectivity index (χ1v) is 9.22. The lowest BCUT2D eigenvalue weighted by molar-refractivity contribution is -0.129. The molecule has 0 fully saturated rings. The topological polar surface area (TPSA) is 73.9 Å². The smallest absolute Gasteiger partial charge is 0.342 e. The van der Waals surface area contributed by atoms with E-state index >= 15 is 0 Å². The largest absolute Gasteiger partial charge is 0.493 e. The van der Waals surface area contributed by atoms with E-state index in [0.29, 0.717) is 5.75 Å². The number of methoxy groups -OCH3 is 2. The summed E-state index contributed by atoms with van der Waals surface area (Å²) in [7, 11) is 2.93. The van der Waals surface area contributed by atoms with Crippen molar-refractivity contribution in [3.63, 3.8) is 0 Å². The molecule has 0 saturated carbocycles. The van der Waals surface area contributed by atoms with Crippen LogP contribution in [-0.4, -0.2) is 38.2 Å². The van der Waals surface area contributed by atoms with Gasteiger partial charge < -0.3 is 19.5 Å². The summed E-state index contributed by atoms with van der Waals surface area (Å²) >= 11 is 0. The van der Waals surface area contributed by atoms with Gasteiger partial charge in [-0.05, 0) is 44.4 Å². The molecular formula is C22H27NO5. The first-order valence-electron chi connectivity index (χ1n) is 9.22. The van der Waals surface area contributed by atoms with E-state index in [2.05, 4.69) is 17.4 Å². The van der Waals surface area contributed by atoms with E-state index < -0.39 is 12.1 Å². The van der Waals surface area contributed by atoms with E-state index in [-0.39, 0.29) is 23.3 Å². The predicted molar refractivity (Wildman–Crippen MR) is 107 cm³/mol. The van der Waals surface area contributed by atoms with Crippen LogP contribution in [0.1, 0.15) is 36.2 Å². The molecule has 0 aliphatic heterocycles. The molecule has 0 heterocycles. The summed E-state index contributed by atoms with van der Waals surface area (Å²) in [5.41, 5.74) is 1.42. The Hall–Kier alpha value is -3.02. The van der Waals surface area contributed by atoms with Gasteiger partial charge in [0.1, 0.15) is 5.56 Å². The third-order valence-corrected chi connectivity index (χ3v) is 4.37. The molecule has 0 radical (unpaired) electrons. The number of hydrogen-bond acceptors (Lipinski definition) is 5. The van der Waals surface area contributed by atoms with Gasteiger partial charge in [-0.2, -0.15) is 0 Å². The minimum Gasteiger partial charge on any atom is -0.493 e. The van der Waals surface area contributed by atoms with Crippen molar-refractivity contribution in [2.24, 2.45) is 0 Å². The highest BCUT2D eigenvalue weighted by Gasteiger charge is 2.23. The highest BCUT2D eigenvalue weighted by Crippen LogP contribution is 2.31. The first-order chi connectivity index (χ1) is 13.5. The Bertz CT molecular complexity index is 791. The second-order valence-electron chi connectivity index (χ2n) is 6.52. The summed E-state index contributed by atoms with van der Waals surface area (Å²) in [5, 5.41) is 2.89. The maximum Gasteiger partial charge on any atom is 0.342 e. The molecule has 2 aromatic rings. The number of rotatable bonds is 9. The molecule has 0 aromatic heterocycles. The molecule has 2 aromatic carbocycles. The molecule has 0 spiro atoms. The van der Waals surface area contributed by atoms with Crippen molar-refractivity contribution < 1.29 is 23.8 Å². The van der Waals surface area contributed by atoms with Crippen LogP contribution >= 0.6 is 0 Å². The number of hydrogen-bond donors (Lipinski definition) is 1. The van der Waals surface area contributed by atoms with Crippen molar-refractivity contribution in [2.75, 3.05) is 14.2 Å². The number of benzene rings is 2. The number of nitrogens with one attached hydrogen (secondary N) is 1. The molecule has 0 aliphatic rings. The van der Waals surface area contributed by atoms with E-state index in [9.17, 15) is 9.59 Å². The predicted octanol–water partition coefficient (Wildman–Crippen LogP) is 3.39. The SMILES string of the molecule is COc1cccc(C(=O)O[C@H](C)C(=O)N[C@H](C)CCc2ccccc2)c1OC. The molecule has 1 amide bonds. The standard InChI is InChI=1S/C22H27NO5/c1-15(13-14-17-9-6-5-7-10-17)23-21(24)16(2)28-22(25)18-11-8-12-19(26-3)20(18)27-4/h5-12,15-16H,13-14H2,1-4H3,(H,23,24)/t15-,16-/m1/s1. The summed E-state index contributed by atoms with van der Waals surface area (Å²) in [4.78, 5) is 24.8. The van der Waals surface area contributed by atoms with Crippen LogP contribution in [0.3, 0.4) is 0 Å². The normalized spacial score (nSPS) is 12.6. The van der Waals surface area contributed by atoms with Gasteiger partial charge in [0.25, 0.3) is 5.91 Å². The molecule has 0 aliphatic carbocycles. The summed E-state index contributed by atoms with van der Waals surface area (Å²) in [5.74, 6) is -0.284.